The number of nitrogens with zero attached hydrogens (tertiary/aromatic N) is 3. The van der Waals surface area contributed by atoms with E-state index in [1.165, 1.54) is 16.7 Å². The van der Waals surface area contributed by atoms with Gasteiger partial charge < -0.3 is 14.8 Å². The van der Waals surface area contributed by atoms with Crippen molar-refractivity contribution in [2.75, 3.05) is 4.90 Å². The summed E-state index contributed by atoms with van der Waals surface area (Å²) in [6, 6.07) is 25.4. The summed E-state index contributed by atoms with van der Waals surface area (Å²) in [5, 5.41) is 4.26. The molecule has 0 aliphatic carbocycles. The molecule has 32 heavy (non-hydrogen) atoms. The lowest BCUT2D eigenvalue weighted by Crippen LogP contribution is -2.30. The monoisotopic (exact) mass is 438 g/mol. The minimum absolute atomic E-state index is 0.0447. The van der Waals surface area contributed by atoms with Crippen molar-refractivity contribution in [3.8, 4) is 5.69 Å². The van der Waals surface area contributed by atoms with Crippen molar-refractivity contribution in [2.45, 2.75) is 32.9 Å². The van der Waals surface area contributed by atoms with Crippen molar-refractivity contribution < 1.29 is 0 Å². The topological polar surface area (TPSA) is 33.1 Å². The van der Waals surface area contributed by atoms with E-state index in [1.54, 1.807) is 0 Å². The van der Waals surface area contributed by atoms with Crippen LogP contribution in [0.25, 0.3) is 5.69 Å². The third-order valence-electron chi connectivity index (χ3n) is 6.26. The van der Waals surface area contributed by atoms with Crippen LogP contribution < -0.4 is 10.2 Å². The molecule has 4 nitrogen and oxygen atoms in total. The van der Waals surface area contributed by atoms with E-state index in [0.717, 1.165) is 22.8 Å². The minimum Gasteiger partial charge on any atom is -0.351 e. The number of nitrogens with one attached hydrogen (secondary N) is 1. The van der Waals surface area contributed by atoms with Crippen LogP contribution in [0.5, 0.6) is 0 Å². The van der Waals surface area contributed by atoms with Gasteiger partial charge in [-0.05, 0) is 92.6 Å². The Hall–Kier alpha value is -3.44. The van der Waals surface area contributed by atoms with E-state index in [1.807, 2.05) is 18.3 Å². The second-order valence-corrected chi connectivity index (χ2v) is 8.79. The molecule has 5 heteroatoms. The van der Waals surface area contributed by atoms with Crippen LogP contribution in [0.3, 0.4) is 0 Å². The molecular formula is C27H26N4S. The molecule has 3 heterocycles. The molecule has 1 saturated heterocycles. The molecule has 0 amide bonds. The molecule has 0 radical (unpaired) electrons. The molecule has 4 aromatic rings. The molecule has 0 spiro atoms. The summed E-state index contributed by atoms with van der Waals surface area (Å²) in [6.45, 7) is 6.40. The fraction of sp³-hybridized carbons (Fsp3) is 0.185. The maximum atomic E-state index is 5.86. The van der Waals surface area contributed by atoms with Gasteiger partial charge in [0.2, 0.25) is 0 Å². The largest absolute Gasteiger partial charge is 0.351 e. The molecule has 1 N–H and O–H groups in total. The first kappa shape index (κ1) is 20.5. The Kier molecular flexibility index (Phi) is 5.27. The van der Waals surface area contributed by atoms with E-state index in [2.05, 4.69) is 107 Å². The molecule has 2 aromatic carbocycles. The molecule has 2 aromatic heterocycles. The summed E-state index contributed by atoms with van der Waals surface area (Å²) in [6.07, 6.45) is 3.97. The smallest absolute Gasteiger partial charge is 0.174 e. The van der Waals surface area contributed by atoms with Gasteiger partial charge >= 0.3 is 0 Å². The van der Waals surface area contributed by atoms with Gasteiger partial charge in [0.15, 0.2) is 5.11 Å². The zero-order valence-corrected chi connectivity index (χ0v) is 19.3. The highest BCUT2D eigenvalue weighted by Crippen LogP contribution is 2.42. The van der Waals surface area contributed by atoms with Gasteiger partial charge in [0.1, 0.15) is 6.04 Å². The van der Waals surface area contributed by atoms with Crippen molar-refractivity contribution >= 4 is 23.0 Å². The molecule has 0 bridgehead atoms. The number of rotatable bonds is 4. The van der Waals surface area contributed by atoms with E-state index < -0.39 is 0 Å². The summed E-state index contributed by atoms with van der Waals surface area (Å²) in [5.41, 5.74) is 8.15. The van der Waals surface area contributed by atoms with Crippen molar-refractivity contribution in [1.82, 2.24) is 14.9 Å². The SMILES string of the molecule is Cc1ccc(N2C(=S)N[C@H](c3ccccn3)[C@@H]2c2cccn2-c2ccc(C)c(C)c2)cc1. The first-order valence-electron chi connectivity index (χ1n) is 10.8. The van der Waals surface area contributed by atoms with Crippen molar-refractivity contribution in [2.24, 2.45) is 0 Å². The first-order valence-corrected chi connectivity index (χ1v) is 11.3. The van der Waals surface area contributed by atoms with Crippen molar-refractivity contribution in [3.63, 3.8) is 0 Å². The van der Waals surface area contributed by atoms with Gasteiger partial charge in [0.25, 0.3) is 0 Å². The van der Waals surface area contributed by atoms with Crippen LogP contribution in [0.1, 0.15) is 40.2 Å². The molecule has 5 rings (SSSR count). The number of aromatic nitrogens is 2. The van der Waals surface area contributed by atoms with Crippen molar-refractivity contribution in [1.29, 1.82) is 0 Å². The van der Waals surface area contributed by atoms with Crippen LogP contribution in [0.2, 0.25) is 0 Å². The average molecular weight is 439 g/mol. The Morgan fingerprint density at radius 2 is 1.62 bits per heavy atom. The van der Waals surface area contributed by atoms with Crippen LogP contribution in [-0.4, -0.2) is 14.7 Å². The molecule has 160 valence electrons. The Morgan fingerprint density at radius 1 is 0.844 bits per heavy atom. The lowest BCUT2D eigenvalue weighted by molar-refractivity contribution is 0.549. The molecule has 2 atom stereocenters. The quantitative estimate of drug-likeness (QED) is 0.398. The van der Waals surface area contributed by atoms with Gasteiger partial charge in [-0.2, -0.15) is 0 Å². The Labute approximate surface area is 194 Å². The second kappa shape index (κ2) is 8.24. The van der Waals surface area contributed by atoms with Gasteiger partial charge in [0, 0.05) is 29.5 Å². The third-order valence-corrected chi connectivity index (χ3v) is 6.58. The molecule has 1 aliphatic rings. The summed E-state index contributed by atoms with van der Waals surface area (Å²) in [4.78, 5) is 6.89. The maximum absolute atomic E-state index is 5.86. The summed E-state index contributed by atoms with van der Waals surface area (Å²) in [7, 11) is 0. The molecule has 0 saturated carbocycles. The van der Waals surface area contributed by atoms with Crippen LogP contribution in [0.4, 0.5) is 5.69 Å². The van der Waals surface area contributed by atoms with Gasteiger partial charge in [-0.15, -0.1) is 0 Å². The number of pyridine rings is 1. The van der Waals surface area contributed by atoms with E-state index in [-0.39, 0.29) is 12.1 Å². The van der Waals surface area contributed by atoms with E-state index in [0.29, 0.717) is 5.11 Å². The number of aryl methyl sites for hydroxylation is 3. The minimum atomic E-state index is -0.0646. The second-order valence-electron chi connectivity index (χ2n) is 8.40. The number of benzene rings is 2. The van der Waals surface area contributed by atoms with Gasteiger partial charge in [-0.25, -0.2) is 0 Å². The normalized spacial score (nSPS) is 18.1. The van der Waals surface area contributed by atoms with Crippen LogP contribution in [-0.2, 0) is 0 Å². The van der Waals surface area contributed by atoms with Crippen LogP contribution >= 0.6 is 12.2 Å². The summed E-state index contributed by atoms with van der Waals surface area (Å²) >= 11 is 5.86. The number of thiocarbonyl (C=S) groups is 1. The highest BCUT2D eigenvalue weighted by molar-refractivity contribution is 7.80. The highest BCUT2D eigenvalue weighted by atomic mass is 32.1. The Morgan fingerprint density at radius 3 is 2.34 bits per heavy atom. The van der Waals surface area contributed by atoms with E-state index in [9.17, 15) is 0 Å². The summed E-state index contributed by atoms with van der Waals surface area (Å²) in [5.74, 6) is 0. The van der Waals surface area contributed by atoms with E-state index >= 15 is 0 Å². The molecule has 0 unspecified atom stereocenters. The Balaban J connectivity index is 1.67. The maximum Gasteiger partial charge on any atom is 0.174 e. The fourth-order valence-corrected chi connectivity index (χ4v) is 4.73. The molecule has 1 aliphatic heterocycles. The number of anilines is 1. The Bertz CT molecular complexity index is 1260. The molecular weight excluding hydrogens is 412 g/mol. The third kappa shape index (κ3) is 3.59. The molecule has 1 fully saturated rings. The van der Waals surface area contributed by atoms with Crippen LogP contribution in [0, 0.1) is 20.8 Å². The standard InChI is InChI=1S/C27H26N4S/c1-18-9-12-21(13-10-18)31-26(25(29-27(31)32)23-7-4-5-15-28-23)24-8-6-16-30(24)22-14-11-19(2)20(3)17-22/h4-17,25-26H,1-3H3,(H,29,32)/t25-,26+/m1/s1. The zero-order chi connectivity index (χ0) is 22.2. The van der Waals surface area contributed by atoms with Crippen molar-refractivity contribution in [3.05, 3.63) is 113 Å². The predicted octanol–water partition coefficient (Wildman–Crippen LogP) is 5.97. The fourth-order valence-electron chi connectivity index (χ4n) is 4.38. The summed E-state index contributed by atoms with van der Waals surface area (Å²) < 4.78 is 2.27. The lowest BCUT2D eigenvalue weighted by atomic mass is 10.0. The first-order chi connectivity index (χ1) is 15.5. The number of hydrogen-bond donors (Lipinski definition) is 1. The highest BCUT2D eigenvalue weighted by Gasteiger charge is 2.42. The lowest BCUT2D eigenvalue weighted by Gasteiger charge is -2.29. The van der Waals surface area contributed by atoms with Crippen LogP contribution in [0.15, 0.2) is 85.2 Å². The van der Waals surface area contributed by atoms with Gasteiger partial charge in [0.05, 0.1) is 11.7 Å². The van der Waals surface area contributed by atoms with E-state index in [4.69, 9.17) is 12.2 Å². The number of hydrogen-bond acceptors (Lipinski definition) is 2. The van der Waals surface area contributed by atoms with Gasteiger partial charge in [-0.3, -0.25) is 4.98 Å². The predicted molar refractivity (Wildman–Crippen MR) is 134 cm³/mol. The average Bonchev–Trinajstić information content (AvgIpc) is 3.41. The van der Waals surface area contributed by atoms with Gasteiger partial charge in [-0.1, -0.05) is 29.8 Å². The zero-order valence-electron chi connectivity index (χ0n) is 18.5.